The number of carbonyl (C=O) groups excluding carboxylic acids is 1. The van der Waals surface area contributed by atoms with Crippen LogP contribution >= 0.6 is 0 Å². The number of carbonyl (C=O) groups is 1. The van der Waals surface area contributed by atoms with Crippen molar-refractivity contribution in [2.45, 2.75) is 24.5 Å². The topological polar surface area (TPSA) is 84.5 Å². The highest BCUT2D eigenvalue weighted by Crippen LogP contribution is 2.39. The number of rotatable bonds is 5. The first-order valence-electron chi connectivity index (χ1n) is 6.68. The molecule has 2 rings (SSSR count). The zero-order valence-electron chi connectivity index (χ0n) is 11.3. The predicted molar refractivity (Wildman–Crippen MR) is 71.6 cm³/mol. The minimum Gasteiger partial charge on any atom is -0.384 e. The van der Waals surface area contributed by atoms with Gasteiger partial charge < -0.3 is 15.4 Å². The molecule has 7 heteroatoms. The van der Waals surface area contributed by atoms with E-state index in [2.05, 4.69) is 10.6 Å². The summed E-state index contributed by atoms with van der Waals surface area (Å²) in [6, 6.07) is 0. The highest BCUT2D eigenvalue weighted by molar-refractivity contribution is 7.92. The zero-order valence-corrected chi connectivity index (χ0v) is 12.1. The van der Waals surface area contributed by atoms with Crippen molar-refractivity contribution in [3.05, 3.63) is 0 Å². The van der Waals surface area contributed by atoms with Gasteiger partial charge in [0.1, 0.15) is 0 Å². The standard InChI is InChI=1S/C12H22N2O4S/c1-18-5-3-11(15)14-9-12-4-2-6-19(16,17)10(12)7-13-8-12/h10,13H,2-9H2,1H3,(H,14,15). The average Bonchev–Trinajstić information content (AvgIpc) is 2.79. The first-order chi connectivity index (χ1) is 9.00. The van der Waals surface area contributed by atoms with Gasteiger partial charge in [0.25, 0.3) is 0 Å². The lowest BCUT2D eigenvalue weighted by Crippen LogP contribution is -2.51. The summed E-state index contributed by atoms with van der Waals surface area (Å²) in [6.45, 7) is 2.00. The normalized spacial score (nSPS) is 32.8. The maximum atomic E-state index is 12.1. The molecule has 0 saturated carbocycles. The lowest BCUT2D eigenvalue weighted by molar-refractivity contribution is -0.122. The van der Waals surface area contributed by atoms with E-state index in [-0.39, 0.29) is 22.3 Å². The molecule has 110 valence electrons. The lowest BCUT2D eigenvalue weighted by Gasteiger charge is -2.38. The van der Waals surface area contributed by atoms with Crippen molar-refractivity contribution < 1.29 is 17.9 Å². The van der Waals surface area contributed by atoms with Crippen molar-refractivity contribution in [2.75, 3.05) is 39.1 Å². The van der Waals surface area contributed by atoms with Crippen LogP contribution in [0.1, 0.15) is 19.3 Å². The minimum atomic E-state index is -3.02. The molecule has 6 nitrogen and oxygen atoms in total. The first-order valence-corrected chi connectivity index (χ1v) is 8.40. The van der Waals surface area contributed by atoms with Crippen LogP contribution in [0.3, 0.4) is 0 Å². The van der Waals surface area contributed by atoms with E-state index in [1.807, 2.05) is 0 Å². The molecule has 2 aliphatic heterocycles. The second kappa shape index (κ2) is 5.76. The smallest absolute Gasteiger partial charge is 0.222 e. The van der Waals surface area contributed by atoms with E-state index in [0.717, 1.165) is 6.42 Å². The van der Waals surface area contributed by atoms with Crippen LogP contribution in [0.5, 0.6) is 0 Å². The molecule has 2 N–H and O–H groups in total. The Hall–Kier alpha value is -0.660. The Morgan fingerprint density at radius 1 is 1.53 bits per heavy atom. The highest BCUT2D eigenvalue weighted by atomic mass is 32.2. The van der Waals surface area contributed by atoms with Crippen LogP contribution in [-0.2, 0) is 19.4 Å². The molecule has 0 aromatic rings. The lowest BCUT2D eigenvalue weighted by atomic mass is 9.81. The molecule has 2 heterocycles. The summed E-state index contributed by atoms with van der Waals surface area (Å²) in [5.74, 6) is 0.198. The Labute approximate surface area is 114 Å². The Morgan fingerprint density at radius 3 is 3.05 bits per heavy atom. The van der Waals surface area contributed by atoms with E-state index >= 15 is 0 Å². The molecule has 2 saturated heterocycles. The quantitative estimate of drug-likeness (QED) is 0.700. The third-order valence-corrected chi connectivity index (χ3v) is 6.59. The molecule has 0 aliphatic carbocycles. The van der Waals surface area contributed by atoms with Gasteiger partial charge in [0, 0.05) is 38.6 Å². The molecule has 0 aromatic heterocycles. The molecule has 0 bridgehead atoms. The molecule has 0 radical (unpaired) electrons. The van der Waals surface area contributed by atoms with Gasteiger partial charge in [-0.25, -0.2) is 8.42 Å². The number of methoxy groups -OCH3 is 1. The molecule has 2 aliphatic rings. The van der Waals surface area contributed by atoms with E-state index in [4.69, 9.17) is 4.74 Å². The molecular formula is C12H22N2O4S. The number of sulfone groups is 1. The molecule has 2 unspecified atom stereocenters. The predicted octanol–water partition coefficient (Wildman–Crippen LogP) is -0.694. The number of hydrogen-bond donors (Lipinski definition) is 2. The number of amides is 1. The maximum absolute atomic E-state index is 12.1. The van der Waals surface area contributed by atoms with Crippen molar-refractivity contribution in [1.82, 2.24) is 10.6 Å². The van der Waals surface area contributed by atoms with Crippen LogP contribution in [-0.4, -0.2) is 58.7 Å². The molecule has 2 atom stereocenters. The van der Waals surface area contributed by atoms with Gasteiger partial charge in [0.2, 0.25) is 5.91 Å². The summed E-state index contributed by atoms with van der Waals surface area (Å²) in [5, 5.41) is 5.69. The Morgan fingerprint density at radius 2 is 2.32 bits per heavy atom. The van der Waals surface area contributed by atoms with Crippen LogP contribution < -0.4 is 10.6 Å². The van der Waals surface area contributed by atoms with Crippen LogP contribution in [0.2, 0.25) is 0 Å². The number of hydrogen-bond acceptors (Lipinski definition) is 5. The van der Waals surface area contributed by atoms with Gasteiger partial charge in [-0.3, -0.25) is 4.79 Å². The van der Waals surface area contributed by atoms with Crippen LogP contribution in [0.15, 0.2) is 0 Å². The molecule has 0 aromatic carbocycles. The van der Waals surface area contributed by atoms with Crippen molar-refractivity contribution in [1.29, 1.82) is 0 Å². The van der Waals surface area contributed by atoms with Gasteiger partial charge >= 0.3 is 0 Å². The second-order valence-electron chi connectivity index (χ2n) is 5.47. The molecule has 0 spiro atoms. The molecule has 1 amide bonds. The molecule has 19 heavy (non-hydrogen) atoms. The third-order valence-electron chi connectivity index (χ3n) is 4.20. The molecular weight excluding hydrogens is 268 g/mol. The van der Waals surface area contributed by atoms with Gasteiger partial charge in [-0.05, 0) is 12.8 Å². The summed E-state index contributed by atoms with van der Waals surface area (Å²) in [4.78, 5) is 11.6. The van der Waals surface area contributed by atoms with Crippen molar-refractivity contribution in [2.24, 2.45) is 5.41 Å². The summed E-state index contributed by atoms with van der Waals surface area (Å²) < 4.78 is 29.1. The number of ether oxygens (including phenoxy) is 1. The van der Waals surface area contributed by atoms with Crippen molar-refractivity contribution in [3.8, 4) is 0 Å². The first kappa shape index (κ1) is 14.7. The summed E-state index contributed by atoms with van der Waals surface area (Å²) in [6.07, 6.45) is 1.86. The SMILES string of the molecule is COCCC(=O)NCC12CCCS(=O)(=O)C1CNC2. The largest absolute Gasteiger partial charge is 0.384 e. The number of nitrogens with one attached hydrogen (secondary N) is 2. The third kappa shape index (κ3) is 3.09. The minimum absolute atomic E-state index is 0.0788. The summed E-state index contributed by atoms with van der Waals surface area (Å²) in [5.41, 5.74) is -0.320. The second-order valence-corrected chi connectivity index (χ2v) is 7.77. The Balaban J connectivity index is 1.99. The van der Waals surface area contributed by atoms with E-state index in [0.29, 0.717) is 39.1 Å². The van der Waals surface area contributed by atoms with Gasteiger partial charge in [-0.2, -0.15) is 0 Å². The fraction of sp³-hybridized carbons (Fsp3) is 0.917. The van der Waals surface area contributed by atoms with Gasteiger partial charge in [0.15, 0.2) is 9.84 Å². The van der Waals surface area contributed by atoms with Crippen molar-refractivity contribution in [3.63, 3.8) is 0 Å². The van der Waals surface area contributed by atoms with E-state index in [9.17, 15) is 13.2 Å². The van der Waals surface area contributed by atoms with E-state index in [1.54, 1.807) is 7.11 Å². The van der Waals surface area contributed by atoms with Crippen LogP contribution in [0, 0.1) is 5.41 Å². The molecule has 2 fully saturated rings. The van der Waals surface area contributed by atoms with Gasteiger partial charge in [0.05, 0.1) is 17.6 Å². The van der Waals surface area contributed by atoms with Crippen LogP contribution in [0.25, 0.3) is 0 Å². The highest BCUT2D eigenvalue weighted by Gasteiger charge is 2.51. The summed E-state index contributed by atoms with van der Waals surface area (Å²) in [7, 11) is -1.47. The summed E-state index contributed by atoms with van der Waals surface area (Å²) >= 11 is 0. The van der Waals surface area contributed by atoms with E-state index < -0.39 is 9.84 Å². The fourth-order valence-corrected chi connectivity index (χ4v) is 5.38. The maximum Gasteiger partial charge on any atom is 0.222 e. The fourth-order valence-electron chi connectivity index (χ4n) is 3.13. The van der Waals surface area contributed by atoms with Gasteiger partial charge in [-0.15, -0.1) is 0 Å². The Kier molecular flexibility index (Phi) is 4.47. The number of fused-ring (bicyclic) bond motifs is 1. The zero-order chi connectivity index (χ0) is 13.9. The monoisotopic (exact) mass is 290 g/mol. The van der Waals surface area contributed by atoms with Crippen molar-refractivity contribution >= 4 is 15.7 Å². The van der Waals surface area contributed by atoms with Gasteiger partial charge in [-0.1, -0.05) is 0 Å². The van der Waals surface area contributed by atoms with Crippen LogP contribution in [0.4, 0.5) is 0 Å². The van der Waals surface area contributed by atoms with E-state index in [1.165, 1.54) is 0 Å². The Bertz CT molecular complexity index is 437. The average molecular weight is 290 g/mol.